The van der Waals surface area contributed by atoms with Crippen LogP contribution in [0.3, 0.4) is 0 Å². The highest BCUT2D eigenvalue weighted by molar-refractivity contribution is 6.43. The Kier molecular flexibility index (Phi) is 3.32. The van der Waals surface area contributed by atoms with E-state index in [1.54, 1.807) is 0 Å². The zero-order valence-electron chi connectivity index (χ0n) is 10.5. The van der Waals surface area contributed by atoms with Crippen molar-refractivity contribution in [1.82, 2.24) is 0 Å². The SMILES string of the molecule is CC(=O)C(=O)c1cc(C(C)(C)C)ccc1C. The summed E-state index contributed by atoms with van der Waals surface area (Å²) in [5.41, 5.74) is 2.44. The van der Waals surface area contributed by atoms with E-state index in [0.717, 1.165) is 11.1 Å². The molecule has 0 unspecified atom stereocenters. The fourth-order valence-corrected chi connectivity index (χ4v) is 1.52. The summed E-state index contributed by atoms with van der Waals surface area (Å²) in [5, 5.41) is 0. The lowest BCUT2D eigenvalue weighted by Gasteiger charge is -2.20. The number of carbonyl (C=O) groups is 2. The lowest BCUT2D eigenvalue weighted by Crippen LogP contribution is -2.16. The highest BCUT2D eigenvalue weighted by Gasteiger charge is 2.19. The number of Topliss-reactive ketones (excluding diaryl/α,β-unsaturated/α-hetero) is 2. The molecule has 1 aromatic rings. The van der Waals surface area contributed by atoms with Gasteiger partial charge in [-0.3, -0.25) is 9.59 Å². The smallest absolute Gasteiger partial charge is 0.228 e. The van der Waals surface area contributed by atoms with Crippen molar-refractivity contribution in [3.8, 4) is 0 Å². The minimum Gasteiger partial charge on any atom is -0.291 e. The predicted molar refractivity (Wildman–Crippen MR) is 64.9 cm³/mol. The molecule has 16 heavy (non-hydrogen) atoms. The molecular formula is C14H18O2. The quantitative estimate of drug-likeness (QED) is 0.564. The number of hydrogen-bond donors (Lipinski definition) is 0. The summed E-state index contributed by atoms with van der Waals surface area (Å²) in [7, 11) is 0. The van der Waals surface area contributed by atoms with Crippen LogP contribution in [-0.2, 0) is 10.2 Å². The molecule has 0 saturated carbocycles. The van der Waals surface area contributed by atoms with Crippen molar-refractivity contribution in [2.75, 3.05) is 0 Å². The van der Waals surface area contributed by atoms with Gasteiger partial charge in [0, 0.05) is 12.5 Å². The van der Waals surface area contributed by atoms with E-state index in [2.05, 4.69) is 20.8 Å². The maximum Gasteiger partial charge on any atom is 0.228 e. The minimum atomic E-state index is -0.408. The number of hydrogen-bond acceptors (Lipinski definition) is 2. The molecule has 0 fully saturated rings. The molecule has 0 aromatic heterocycles. The maximum atomic E-state index is 11.7. The Morgan fingerprint density at radius 1 is 1.12 bits per heavy atom. The molecule has 0 heterocycles. The molecule has 2 nitrogen and oxygen atoms in total. The van der Waals surface area contributed by atoms with Gasteiger partial charge in [0.25, 0.3) is 0 Å². The second-order valence-corrected chi connectivity index (χ2v) is 5.17. The zero-order valence-corrected chi connectivity index (χ0v) is 10.5. The lowest BCUT2D eigenvalue weighted by molar-refractivity contribution is -0.113. The van der Waals surface area contributed by atoms with Gasteiger partial charge in [-0.1, -0.05) is 32.9 Å². The Bertz CT molecular complexity index is 437. The van der Waals surface area contributed by atoms with Crippen LogP contribution in [-0.4, -0.2) is 11.6 Å². The number of rotatable bonds is 2. The van der Waals surface area contributed by atoms with E-state index < -0.39 is 11.6 Å². The molecule has 0 spiro atoms. The fourth-order valence-electron chi connectivity index (χ4n) is 1.52. The number of carbonyl (C=O) groups excluding carboxylic acids is 2. The molecule has 0 saturated heterocycles. The Balaban J connectivity index is 3.30. The Morgan fingerprint density at radius 3 is 2.12 bits per heavy atom. The zero-order chi connectivity index (χ0) is 12.5. The van der Waals surface area contributed by atoms with Gasteiger partial charge in [-0.25, -0.2) is 0 Å². The van der Waals surface area contributed by atoms with Crippen LogP contribution in [0, 0.1) is 6.92 Å². The average Bonchev–Trinajstić information content (AvgIpc) is 2.15. The normalized spacial score (nSPS) is 11.3. The molecule has 0 amide bonds. The van der Waals surface area contributed by atoms with Gasteiger partial charge in [-0.2, -0.15) is 0 Å². The largest absolute Gasteiger partial charge is 0.291 e. The van der Waals surface area contributed by atoms with Crippen LogP contribution in [0.1, 0.15) is 49.2 Å². The first-order valence-electron chi connectivity index (χ1n) is 5.40. The molecule has 0 atom stereocenters. The van der Waals surface area contributed by atoms with Crippen LogP contribution < -0.4 is 0 Å². The van der Waals surface area contributed by atoms with Gasteiger partial charge in [-0.15, -0.1) is 0 Å². The molecule has 0 aliphatic carbocycles. The summed E-state index contributed by atoms with van der Waals surface area (Å²) in [5.74, 6) is -0.808. The number of ketones is 2. The highest BCUT2D eigenvalue weighted by atomic mass is 16.2. The molecule has 2 heteroatoms. The standard InChI is InChI=1S/C14H18O2/c1-9-6-7-11(14(3,4)5)8-12(9)13(16)10(2)15/h6-8H,1-5H3. The molecule has 86 valence electrons. The third-order valence-electron chi connectivity index (χ3n) is 2.67. The van der Waals surface area contributed by atoms with Gasteiger partial charge in [0.1, 0.15) is 0 Å². The molecule has 1 rings (SSSR count). The third-order valence-corrected chi connectivity index (χ3v) is 2.67. The molecular weight excluding hydrogens is 200 g/mol. The Morgan fingerprint density at radius 2 is 1.69 bits per heavy atom. The first-order chi connectivity index (χ1) is 7.23. The van der Waals surface area contributed by atoms with E-state index in [9.17, 15) is 9.59 Å². The summed E-state index contributed by atoms with van der Waals surface area (Å²) in [6, 6.07) is 5.74. The van der Waals surface area contributed by atoms with Crippen LogP contribution in [0.25, 0.3) is 0 Å². The second kappa shape index (κ2) is 4.20. The molecule has 0 N–H and O–H groups in total. The van der Waals surface area contributed by atoms with Crippen molar-refractivity contribution in [3.05, 3.63) is 34.9 Å². The highest BCUT2D eigenvalue weighted by Crippen LogP contribution is 2.24. The van der Waals surface area contributed by atoms with E-state index in [0.29, 0.717) is 5.56 Å². The first kappa shape index (κ1) is 12.6. The molecule has 0 aliphatic heterocycles. The van der Waals surface area contributed by atoms with Crippen molar-refractivity contribution in [2.24, 2.45) is 0 Å². The summed E-state index contributed by atoms with van der Waals surface area (Å²) in [6.07, 6.45) is 0. The van der Waals surface area contributed by atoms with Gasteiger partial charge >= 0.3 is 0 Å². The summed E-state index contributed by atoms with van der Waals surface area (Å²) < 4.78 is 0. The van der Waals surface area contributed by atoms with Crippen molar-refractivity contribution in [2.45, 2.75) is 40.0 Å². The van der Waals surface area contributed by atoms with Crippen molar-refractivity contribution >= 4 is 11.6 Å². The van der Waals surface area contributed by atoms with Crippen LogP contribution in [0.2, 0.25) is 0 Å². The second-order valence-electron chi connectivity index (χ2n) is 5.17. The van der Waals surface area contributed by atoms with E-state index >= 15 is 0 Å². The fraction of sp³-hybridized carbons (Fsp3) is 0.429. The minimum absolute atomic E-state index is 0.0144. The Hall–Kier alpha value is -1.44. The summed E-state index contributed by atoms with van der Waals surface area (Å²) >= 11 is 0. The van der Waals surface area contributed by atoms with Gasteiger partial charge < -0.3 is 0 Å². The number of aryl methyl sites for hydroxylation is 1. The monoisotopic (exact) mass is 218 g/mol. The van der Waals surface area contributed by atoms with Gasteiger partial charge in [0.15, 0.2) is 5.78 Å². The van der Waals surface area contributed by atoms with Gasteiger partial charge in [-0.05, 0) is 29.5 Å². The van der Waals surface area contributed by atoms with Crippen molar-refractivity contribution < 1.29 is 9.59 Å². The topological polar surface area (TPSA) is 34.1 Å². The first-order valence-corrected chi connectivity index (χ1v) is 5.40. The van der Waals surface area contributed by atoms with Crippen molar-refractivity contribution in [3.63, 3.8) is 0 Å². The van der Waals surface area contributed by atoms with Crippen LogP contribution in [0.15, 0.2) is 18.2 Å². The van der Waals surface area contributed by atoms with E-state index in [1.807, 2.05) is 25.1 Å². The van der Waals surface area contributed by atoms with E-state index in [1.165, 1.54) is 6.92 Å². The average molecular weight is 218 g/mol. The third kappa shape index (κ3) is 2.57. The van der Waals surface area contributed by atoms with E-state index in [-0.39, 0.29) is 5.41 Å². The maximum absolute atomic E-state index is 11.7. The predicted octanol–water partition coefficient (Wildman–Crippen LogP) is 3.06. The summed E-state index contributed by atoms with van der Waals surface area (Å²) in [4.78, 5) is 22.8. The van der Waals surface area contributed by atoms with Crippen molar-refractivity contribution in [1.29, 1.82) is 0 Å². The number of benzene rings is 1. The summed E-state index contributed by atoms with van der Waals surface area (Å²) in [6.45, 7) is 9.41. The Labute approximate surface area is 96.7 Å². The molecule has 0 radical (unpaired) electrons. The van der Waals surface area contributed by atoms with E-state index in [4.69, 9.17) is 0 Å². The van der Waals surface area contributed by atoms with Crippen LogP contribution in [0.4, 0.5) is 0 Å². The molecule has 0 bridgehead atoms. The lowest BCUT2D eigenvalue weighted by atomic mass is 9.84. The van der Waals surface area contributed by atoms with Gasteiger partial charge in [0.05, 0.1) is 0 Å². The van der Waals surface area contributed by atoms with Gasteiger partial charge in [0.2, 0.25) is 5.78 Å². The molecule has 1 aromatic carbocycles. The van der Waals surface area contributed by atoms with Crippen LogP contribution >= 0.6 is 0 Å². The molecule has 0 aliphatic rings. The van der Waals surface area contributed by atoms with Crippen LogP contribution in [0.5, 0.6) is 0 Å².